The quantitative estimate of drug-likeness (QED) is 0.727. The molecule has 2 fully saturated rings. The molecule has 0 amide bonds. The Bertz CT molecular complexity index is 192. The topological polar surface area (TPSA) is 38.5 Å². The maximum Gasteiger partial charge on any atom is 0.0594 e. The first-order chi connectivity index (χ1) is 6.74. The SMILES string of the molecule is CCC1CC1(N)CCN1CCOCC1. The van der Waals surface area contributed by atoms with Crippen LogP contribution in [0.5, 0.6) is 0 Å². The average molecular weight is 198 g/mol. The zero-order chi connectivity index (χ0) is 10.0. The van der Waals surface area contributed by atoms with E-state index in [-0.39, 0.29) is 5.54 Å². The van der Waals surface area contributed by atoms with E-state index in [1.807, 2.05) is 0 Å². The lowest BCUT2D eigenvalue weighted by Gasteiger charge is -2.27. The maximum atomic E-state index is 6.26. The summed E-state index contributed by atoms with van der Waals surface area (Å²) in [4.78, 5) is 2.48. The lowest BCUT2D eigenvalue weighted by Crippen LogP contribution is -2.40. The predicted octanol–water partition coefficient (Wildman–Crippen LogP) is 0.836. The third-order valence-electron chi connectivity index (χ3n) is 3.77. The predicted molar refractivity (Wildman–Crippen MR) is 57.2 cm³/mol. The first-order valence-electron chi connectivity index (χ1n) is 5.83. The van der Waals surface area contributed by atoms with Crippen LogP contribution < -0.4 is 5.73 Å². The van der Waals surface area contributed by atoms with E-state index in [0.717, 1.165) is 38.8 Å². The Kier molecular flexibility index (Phi) is 3.10. The summed E-state index contributed by atoms with van der Waals surface area (Å²) >= 11 is 0. The summed E-state index contributed by atoms with van der Waals surface area (Å²) in [6.45, 7) is 7.38. The second-order valence-corrected chi connectivity index (χ2v) is 4.75. The second-order valence-electron chi connectivity index (χ2n) is 4.75. The van der Waals surface area contributed by atoms with E-state index in [1.54, 1.807) is 0 Å². The molecule has 0 aromatic carbocycles. The second kappa shape index (κ2) is 4.17. The standard InChI is InChI=1S/C11H22N2O/c1-2-10-9-11(10,12)3-4-13-5-7-14-8-6-13/h10H,2-9,12H2,1H3. The van der Waals surface area contributed by atoms with Gasteiger partial charge in [0, 0.05) is 25.2 Å². The number of nitrogens with two attached hydrogens (primary N) is 1. The molecule has 3 nitrogen and oxygen atoms in total. The highest BCUT2D eigenvalue weighted by molar-refractivity contribution is 5.07. The minimum atomic E-state index is 0.188. The molecule has 1 aliphatic carbocycles. The highest BCUT2D eigenvalue weighted by Gasteiger charge is 2.48. The molecule has 0 radical (unpaired) electrons. The fraction of sp³-hybridized carbons (Fsp3) is 1.00. The van der Waals surface area contributed by atoms with Crippen molar-refractivity contribution in [1.29, 1.82) is 0 Å². The first kappa shape index (κ1) is 10.4. The Morgan fingerprint density at radius 1 is 1.43 bits per heavy atom. The molecule has 14 heavy (non-hydrogen) atoms. The Morgan fingerprint density at radius 3 is 2.71 bits per heavy atom. The fourth-order valence-electron chi connectivity index (χ4n) is 2.45. The summed E-state index contributed by atoms with van der Waals surface area (Å²) in [6, 6.07) is 0. The van der Waals surface area contributed by atoms with Crippen molar-refractivity contribution in [2.24, 2.45) is 11.7 Å². The third kappa shape index (κ3) is 2.27. The van der Waals surface area contributed by atoms with E-state index in [1.165, 1.54) is 19.3 Å². The Labute approximate surface area is 86.6 Å². The molecule has 2 unspecified atom stereocenters. The molecule has 1 saturated carbocycles. The highest BCUT2D eigenvalue weighted by Crippen LogP contribution is 2.45. The number of rotatable bonds is 4. The maximum absolute atomic E-state index is 6.26. The molecule has 0 aromatic heterocycles. The first-order valence-corrected chi connectivity index (χ1v) is 5.83. The number of ether oxygens (including phenoxy) is 1. The van der Waals surface area contributed by atoms with Crippen LogP contribution in [-0.2, 0) is 4.74 Å². The molecule has 2 aliphatic rings. The number of hydrogen-bond acceptors (Lipinski definition) is 3. The molecule has 1 aliphatic heterocycles. The molecule has 0 spiro atoms. The summed E-state index contributed by atoms with van der Waals surface area (Å²) in [5.74, 6) is 0.795. The lowest BCUT2D eigenvalue weighted by atomic mass is 10.1. The van der Waals surface area contributed by atoms with Crippen LogP contribution in [0.1, 0.15) is 26.2 Å². The van der Waals surface area contributed by atoms with E-state index >= 15 is 0 Å². The molecule has 2 rings (SSSR count). The van der Waals surface area contributed by atoms with Crippen molar-refractivity contribution in [2.45, 2.75) is 31.7 Å². The van der Waals surface area contributed by atoms with Crippen LogP contribution in [0, 0.1) is 5.92 Å². The lowest BCUT2D eigenvalue weighted by molar-refractivity contribution is 0.0360. The molecule has 0 aromatic rings. The third-order valence-corrected chi connectivity index (χ3v) is 3.77. The van der Waals surface area contributed by atoms with Crippen molar-refractivity contribution >= 4 is 0 Å². The van der Waals surface area contributed by atoms with Gasteiger partial charge in [-0.15, -0.1) is 0 Å². The van der Waals surface area contributed by atoms with E-state index in [9.17, 15) is 0 Å². The zero-order valence-corrected chi connectivity index (χ0v) is 9.17. The van der Waals surface area contributed by atoms with Crippen LogP contribution in [0.15, 0.2) is 0 Å². The Morgan fingerprint density at radius 2 is 2.14 bits per heavy atom. The van der Waals surface area contributed by atoms with Gasteiger partial charge in [0.1, 0.15) is 0 Å². The van der Waals surface area contributed by atoms with Crippen LogP contribution in [0.25, 0.3) is 0 Å². The van der Waals surface area contributed by atoms with Gasteiger partial charge in [-0.3, -0.25) is 4.90 Å². The molecular formula is C11H22N2O. The van der Waals surface area contributed by atoms with E-state index in [2.05, 4.69) is 11.8 Å². The van der Waals surface area contributed by atoms with Gasteiger partial charge in [0.05, 0.1) is 13.2 Å². The molecule has 2 atom stereocenters. The Balaban J connectivity index is 1.67. The summed E-state index contributed by atoms with van der Waals surface area (Å²) in [7, 11) is 0. The summed E-state index contributed by atoms with van der Waals surface area (Å²) in [5, 5.41) is 0. The normalized spacial score (nSPS) is 38.6. The minimum absolute atomic E-state index is 0.188. The molecule has 1 heterocycles. The van der Waals surface area contributed by atoms with Gasteiger partial charge in [0.2, 0.25) is 0 Å². The van der Waals surface area contributed by atoms with Crippen molar-refractivity contribution in [1.82, 2.24) is 4.90 Å². The van der Waals surface area contributed by atoms with Crippen molar-refractivity contribution in [3.63, 3.8) is 0 Å². The molecule has 82 valence electrons. The van der Waals surface area contributed by atoms with Gasteiger partial charge in [-0.1, -0.05) is 13.3 Å². The zero-order valence-electron chi connectivity index (χ0n) is 9.17. The fourth-order valence-corrected chi connectivity index (χ4v) is 2.45. The molecular weight excluding hydrogens is 176 g/mol. The van der Waals surface area contributed by atoms with Crippen molar-refractivity contribution in [2.75, 3.05) is 32.8 Å². The van der Waals surface area contributed by atoms with Crippen molar-refractivity contribution < 1.29 is 4.74 Å². The average Bonchev–Trinajstić information content (AvgIpc) is 2.89. The van der Waals surface area contributed by atoms with Gasteiger partial charge in [-0.2, -0.15) is 0 Å². The van der Waals surface area contributed by atoms with Gasteiger partial charge in [-0.05, 0) is 18.8 Å². The number of nitrogens with zero attached hydrogens (tertiary/aromatic N) is 1. The molecule has 0 bridgehead atoms. The largest absolute Gasteiger partial charge is 0.379 e. The summed E-state index contributed by atoms with van der Waals surface area (Å²) in [5.41, 5.74) is 6.45. The van der Waals surface area contributed by atoms with Gasteiger partial charge in [0.25, 0.3) is 0 Å². The van der Waals surface area contributed by atoms with E-state index in [0.29, 0.717) is 0 Å². The molecule has 1 saturated heterocycles. The van der Waals surface area contributed by atoms with Gasteiger partial charge >= 0.3 is 0 Å². The smallest absolute Gasteiger partial charge is 0.0594 e. The van der Waals surface area contributed by atoms with Crippen LogP contribution >= 0.6 is 0 Å². The van der Waals surface area contributed by atoms with Gasteiger partial charge in [-0.25, -0.2) is 0 Å². The van der Waals surface area contributed by atoms with Gasteiger partial charge < -0.3 is 10.5 Å². The summed E-state index contributed by atoms with van der Waals surface area (Å²) < 4.78 is 5.32. The van der Waals surface area contributed by atoms with Gasteiger partial charge in [0.15, 0.2) is 0 Å². The van der Waals surface area contributed by atoms with Crippen molar-refractivity contribution in [3.05, 3.63) is 0 Å². The van der Waals surface area contributed by atoms with Crippen molar-refractivity contribution in [3.8, 4) is 0 Å². The summed E-state index contributed by atoms with van der Waals surface area (Å²) in [6.07, 6.45) is 3.67. The molecule has 3 heteroatoms. The van der Waals surface area contributed by atoms with Crippen LogP contribution in [0.4, 0.5) is 0 Å². The highest BCUT2D eigenvalue weighted by atomic mass is 16.5. The minimum Gasteiger partial charge on any atom is -0.379 e. The monoisotopic (exact) mass is 198 g/mol. The van der Waals surface area contributed by atoms with Crippen LogP contribution in [0.3, 0.4) is 0 Å². The van der Waals surface area contributed by atoms with Crippen LogP contribution in [0.2, 0.25) is 0 Å². The van der Waals surface area contributed by atoms with E-state index in [4.69, 9.17) is 10.5 Å². The number of hydrogen-bond donors (Lipinski definition) is 1. The van der Waals surface area contributed by atoms with Crippen LogP contribution in [-0.4, -0.2) is 43.3 Å². The Hall–Kier alpha value is -0.120. The van der Waals surface area contributed by atoms with E-state index < -0.39 is 0 Å². The number of morpholine rings is 1. The molecule has 2 N–H and O–H groups in total.